The molecule has 1 aromatic rings. The Morgan fingerprint density at radius 1 is 1.47 bits per heavy atom. The predicted octanol–water partition coefficient (Wildman–Crippen LogP) is 2.72. The van der Waals surface area contributed by atoms with E-state index in [-0.39, 0.29) is 19.0 Å². The predicted molar refractivity (Wildman–Crippen MR) is 76.3 cm³/mol. The highest BCUT2D eigenvalue weighted by Gasteiger charge is 2.11. The van der Waals surface area contributed by atoms with Gasteiger partial charge in [0.25, 0.3) is 0 Å². The number of carboxylic acid groups (broad SMARTS) is 1. The molecule has 2 amide bonds. The van der Waals surface area contributed by atoms with Crippen LogP contribution in [0.25, 0.3) is 0 Å². The van der Waals surface area contributed by atoms with Crippen molar-refractivity contribution in [2.45, 2.75) is 13.0 Å². The summed E-state index contributed by atoms with van der Waals surface area (Å²) in [5.41, 5.74) is 0.812. The molecule has 0 saturated heterocycles. The topological polar surface area (TPSA) is 69.6 Å². The lowest BCUT2D eigenvalue weighted by Gasteiger charge is -2.18. The van der Waals surface area contributed by atoms with Gasteiger partial charge < -0.3 is 15.3 Å². The quantitative estimate of drug-likeness (QED) is 0.859. The Kier molecular flexibility index (Phi) is 6.11. The number of benzene rings is 1. The van der Waals surface area contributed by atoms with Crippen LogP contribution in [0.1, 0.15) is 12.0 Å². The molecular formula is C12H14BrClN2O3. The third kappa shape index (κ3) is 5.48. The van der Waals surface area contributed by atoms with Gasteiger partial charge in [-0.15, -0.1) is 0 Å². The Morgan fingerprint density at radius 3 is 2.79 bits per heavy atom. The minimum atomic E-state index is -0.946. The van der Waals surface area contributed by atoms with Crippen LogP contribution in [0.15, 0.2) is 22.7 Å². The third-order valence-corrected chi connectivity index (χ3v) is 3.24. The number of hydrogen-bond acceptors (Lipinski definition) is 2. The van der Waals surface area contributed by atoms with E-state index in [1.165, 1.54) is 4.90 Å². The summed E-state index contributed by atoms with van der Waals surface area (Å²) >= 11 is 9.37. The van der Waals surface area contributed by atoms with E-state index >= 15 is 0 Å². The summed E-state index contributed by atoms with van der Waals surface area (Å²) in [6, 6.07) is 5.07. The maximum Gasteiger partial charge on any atom is 0.317 e. The van der Waals surface area contributed by atoms with E-state index in [2.05, 4.69) is 21.2 Å². The summed E-state index contributed by atoms with van der Waals surface area (Å²) in [7, 11) is 1.62. The number of hydrogen-bond donors (Lipinski definition) is 2. The smallest absolute Gasteiger partial charge is 0.317 e. The van der Waals surface area contributed by atoms with Gasteiger partial charge in [-0.25, -0.2) is 4.79 Å². The van der Waals surface area contributed by atoms with E-state index in [9.17, 15) is 9.59 Å². The molecule has 1 aromatic carbocycles. The van der Waals surface area contributed by atoms with Crippen LogP contribution in [0, 0.1) is 0 Å². The fourth-order valence-corrected chi connectivity index (χ4v) is 1.99. The molecule has 7 heteroatoms. The number of carboxylic acids is 1. The summed E-state index contributed by atoms with van der Waals surface area (Å²) < 4.78 is 0.881. The van der Waals surface area contributed by atoms with Gasteiger partial charge in [-0.2, -0.15) is 0 Å². The van der Waals surface area contributed by atoms with E-state index in [1.54, 1.807) is 13.1 Å². The summed E-state index contributed by atoms with van der Waals surface area (Å²) in [5.74, 6) is -0.946. The molecule has 5 nitrogen and oxygen atoms in total. The first-order chi connectivity index (χ1) is 8.90. The Labute approximate surface area is 124 Å². The molecule has 0 aliphatic rings. The SMILES string of the molecule is CN(Cc1cc(Br)ccc1Cl)C(=O)NCCC(=O)O. The van der Waals surface area contributed by atoms with E-state index in [4.69, 9.17) is 16.7 Å². The highest BCUT2D eigenvalue weighted by molar-refractivity contribution is 9.10. The van der Waals surface area contributed by atoms with Gasteiger partial charge in [0.05, 0.1) is 6.42 Å². The molecular weight excluding hydrogens is 336 g/mol. The Balaban J connectivity index is 2.53. The zero-order valence-corrected chi connectivity index (χ0v) is 12.7. The van der Waals surface area contributed by atoms with Crippen molar-refractivity contribution in [1.29, 1.82) is 0 Å². The van der Waals surface area contributed by atoms with Crippen LogP contribution in [0.5, 0.6) is 0 Å². The number of rotatable bonds is 5. The van der Waals surface area contributed by atoms with Crippen molar-refractivity contribution in [2.75, 3.05) is 13.6 Å². The monoisotopic (exact) mass is 348 g/mol. The number of amides is 2. The molecule has 0 atom stereocenters. The van der Waals surface area contributed by atoms with Crippen LogP contribution in [0.4, 0.5) is 4.79 Å². The van der Waals surface area contributed by atoms with Crippen LogP contribution < -0.4 is 5.32 Å². The first-order valence-corrected chi connectivity index (χ1v) is 6.72. The van der Waals surface area contributed by atoms with Gasteiger partial charge in [0.2, 0.25) is 0 Å². The second-order valence-electron chi connectivity index (χ2n) is 3.97. The molecule has 0 spiro atoms. The van der Waals surface area contributed by atoms with Crippen LogP contribution in [-0.2, 0) is 11.3 Å². The van der Waals surface area contributed by atoms with Gasteiger partial charge in [0.15, 0.2) is 0 Å². The van der Waals surface area contributed by atoms with Gasteiger partial charge in [-0.1, -0.05) is 27.5 Å². The first kappa shape index (κ1) is 15.8. The molecule has 0 unspecified atom stereocenters. The Hall–Kier alpha value is -1.27. The average Bonchev–Trinajstić information content (AvgIpc) is 2.33. The second-order valence-corrected chi connectivity index (χ2v) is 5.29. The highest BCUT2D eigenvalue weighted by atomic mass is 79.9. The van der Waals surface area contributed by atoms with Crippen molar-refractivity contribution in [3.63, 3.8) is 0 Å². The van der Waals surface area contributed by atoms with E-state index in [0.717, 1.165) is 10.0 Å². The van der Waals surface area contributed by atoms with Crippen molar-refractivity contribution >= 4 is 39.5 Å². The van der Waals surface area contributed by atoms with Gasteiger partial charge in [0.1, 0.15) is 0 Å². The van der Waals surface area contributed by atoms with Gasteiger partial charge >= 0.3 is 12.0 Å². The fourth-order valence-electron chi connectivity index (χ4n) is 1.40. The molecule has 0 bridgehead atoms. The Morgan fingerprint density at radius 2 is 2.16 bits per heavy atom. The van der Waals surface area contributed by atoms with Crippen molar-refractivity contribution in [3.8, 4) is 0 Å². The number of aliphatic carboxylic acids is 1. The lowest BCUT2D eigenvalue weighted by molar-refractivity contribution is -0.136. The minimum Gasteiger partial charge on any atom is -0.481 e. The Bertz CT molecular complexity index is 482. The zero-order valence-electron chi connectivity index (χ0n) is 10.3. The first-order valence-electron chi connectivity index (χ1n) is 5.55. The number of urea groups is 1. The molecule has 0 aliphatic carbocycles. The van der Waals surface area contributed by atoms with Gasteiger partial charge in [0, 0.05) is 29.6 Å². The summed E-state index contributed by atoms with van der Waals surface area (Å²) in [5, 5.41) is 11.6. The summed E-state index contributed by atoms with van der Waals surface area (Å²) in [6.07, 6.45) is -0.1000. The van der Waals surface area contributed by atoms with Crippen molar-refractivity contribution in [1.82, 2.24) is 10.2 Å². The van der Waals surface area contributed by atoms with Crippen LogP contribution in [0.3, 0.4) is 0 Å². The second kappa shape index (κ2) is 7.35. The van der Waals surface area contributed by atoms with Crippen molar-refractivity contribution < 1.29 is 14.7 Å². The summed E-state index contributed by atoms with van der Waals surface area (Å²) in [6.45, 7) is 0.446. The molecule has 0 heterocycles. The van der Waals surface area contributed by atoms with Gasteiger partial charge in [-0.3, -0.25) is 4.79 Å². The number of nitrogens with one attached hydrogen (secondary N) is 1. The van der Waals surface area contributed by atoms with Gasteiger partial charge in [-0.05, 0) is 23.8 Å². The van der Waals surface area contributed by atoms with E-state index < -0.39 is 5.97 Å². The molecule has 0 aromatic heterocycles. The fraction of sp³-hybridized carbons (Fsp3) is 0.333. The number of halogens is 2. The maximum atomic E-state index is 11.7. The minimum absolute atomic E-state index is 0.1000. The zero-order chi connectivity index (χ0) is 14.4. The van der Waals surface area contributed by atoms with Crippen molar-refractivity contribution in [2.24, 2.45) is 0 Å². The molecule has 104 valence electrons. The lowest BCUT2D eigenvalue weighted by atomic mass is 10.2. The lowest BCUT2D eigenvalue weighted by Crippen LogP contribution is -2.37. The van der Waals surface area contributed by atoms with E-state index in [1.807, 2.05) is 12.1 Å². The van der Waals surface area contributed by atoms with Crippen LogP contribution >= 0.6 is 27.5 Å². The molecule has 1 rings (SSSR count). The molecule has 2 N–H and O–H groups in total. The molecule has 19 heavy (non-hydrogen) atoms. The largest absolute Gasteiger partial charge is 0.481 e. The third-order valence-electron chi connectivity index (χ3n) is 2.38. The molecule has 0 radical (unpaired) electrons. The molecule has 0 aliphatic heterocycles. The number of carbonyl (C=O) groups is 2. The van der Waals surface area contributed by atoms with E-state index in [0.29, 0.717) is 11.6 Å². The normalized spacial score (nSPS) is 10.1. The van der Waals surface area contributed by atoms with Crippen LogP contribution in [0.2, 0.25) is 5.02 Å². The van der Waals surface area contributed by atoms with Crippen LogP contribution in [-0.4, -0.2) is 35.6 Å². The highest BCUT2D eigenvalue weighted by Crippen LogP contribution is 2.22. The molecule has 0 fully saturated rings. The summed E-state index contributed by atoms with van der Waals surface area (Å²) in [4.78, 5) is 23.5. The maximum absolute atomic E-state index is 11.7. The number of nitrogens with zero attached hydrogens (tertiary/aromatic N) is 1. The molecule has 0 saturated carbocycles. The standard InChI is InChI=1S/C12H14BrClN2O3/c1-16(12(19)15-5-4-11(17)18)7-8-6-9(13)2-3-10(8)14/h2-3,6H,4-5,7H2,1H3,(H,15,19)(H,17,18). The average molecular weight is 350 g/mol. The van der Waals surface area contributed by atoms with Crippen molar-refractivity contribution in [3.05, 3.63) is 33.3 Å². The number of carbonyl (C=O) groups excluding carboxylic acids is 1.